The zero-order valence-corrected chi connectivity index (χ0v) is 9.01. The number of Topliss-reactive ketones (excluding diaryl/α,β-unsaturated/α-hetero) is 1. The zero-order valence-electron chi connectivity index (χ0n) is 9.01. The molecular weight excluding hydrogens is 210 g/mol. The van der Waals surface area contributed by atoms with E-state index in [1.54, 1.807) is 24.3 Å². The Morgan fingerprint density at radius 2 is 2.12 bits per heavy atom. The average molecular weight is 223 g/mol. The molecule has 0 atom stereocenters. The van der Waals surface area contributed by atoms with Gasteiger partial charge in [-0.05, 0) is 12.1 Å². The van der Waals surface area contributed by atoms with Crippen LogP contribution in [0.4, 0.5) is 0 Å². The van der Waals surface area contributed by atoms with E-state index in [1.807, 2.05) is 0 Å². The third-order valence-corrected chi connectivity index (χ3v) is 2.15. The van der Waals surface area contributed by atoms with Gasteiger partial charge in [-0.3, -0.25) is 14.9 Å². The van der Waals surface area contributed by atoms with Gasteiger partial charge in [0.25, 0.3) is 0 Å². The van der Waals surface area contributed by atoms with Crippen molar-refractivity contribution in [2.45, 2.75) is 12.8 Å². The molecule has 0 radical (unpaired) electrons. The molecule has 5 heteroatoms. The van der Waals surface area contributed by atoms with Crippen molar-refractivity contribution < 1.29 is 14.5 Å². The monoisotopic (exact) mass is 223 g/mol. The summed E-state index contributed by atoms with van der Waals surface area (Å²) < 4.78 is 5.04. The molecule has 0 spiro atoms. The van der Waals surface area contributed by atoms with Crippen molar-refractivity contribution in [1.82, 2.24) is 0 Å². The summed E-state index contributed by atoms with van der Waals surface area (Å²) in [5.74, 6) is 0.382. The van der Waals surface area contributed by atoms with E-state index in [4.69, 9.17) is 4.74 Å². The standard InChI is InChI=1S/C11H13NO4/c1-16-11-7-3-2-5-9(11)10(13)6-4-8-12(14)15/h2-3,5,7H,4,6,8H2,1H3. The van der Waals surface area contributed by atoms with Crippen LogP contribution in [0, 0.1) is 10.1 Å². The van der Waals surface area contributed by atoms with Crippen LogP contribution in [0.3, 0.4) is 0 Å². The smallest absolute Gasteiger partial charge is 0.204 e. The molecule has 0 aliphatic carbocycles. The van der Waals surface area contributed by atoms with Crippen molar-refractivity contribution in [3.05, 3.63) is 39.9 Å². The highest BCUT2D eigenvalue weighted by atomic mass is 16.6. The number of benzene rings is 1. The van der Waals surface area contributed by atoms with Crippen LogP contribution in [0.15, 0.2) is 24.3 Å². The molecule has 0 N–H and O–H groups in total. The number of carbonyl (C=O) groups excluding carboxylic acids is 1. The van der Waals surface area contributed by atoms with E-state index in [-0.39, 0.29) is 25.2 Å². The van der Waals surface area contributed by atoms with Crippen molar-refractivity contribution in [2.75, 3.05) is 13.7 Å². The summed E-state index contributed by atoms with van der Waals surface area (Å²) in [4.78, 5) is 21.4. The Balaban J connectivity index is 2.62. The van der Waals surface area contributed by atoms with E-state index in [2.05, 4.69) is 0 Å². The van der Waals surface area contributed by atoms with Gasteiger partial charge in [-0.2, -0.15) is 0 Å². The van der Waals surface area contributed by atoms with Gasteiger partial charge in [-0.15, -0.1) is 0 Å². The maximum absolute atomic E-state index is 11.7. The van der Waals surface area contributed by atoms with Crippen LogP contribution in [0.5, 0.6) is 5.75 Å². The van der Waals surface area contributed by atoms with Gasteiger partial charge in [0, 0.05) is 17.8 Å². The first kappa shape index (κ1) is 12.2. The number of nitrogens with zero attached hydrogens (tertiary/aromatic N) is 1. The number of hydrogen-bond donors (Lipinski definition) is 0. The Bertz CT molecular complexity index is 389. The Kier molecular flexibility index (Phi) is 4.44. The molecule has 5 nitrogen and oxygen atoms in total. The molecule has 0 amide bonds. The topological polar surface area (TPSA) is 69.4 Å². The SMILES string of the molecule is COc1ccccc1C(=O)CCC[N+](=O)[O-]. The van der Waals surface area contributed by atoms with Crippen molar-refractivity contribution in [3.8, 4) is 5.75 Å². The van der Waals surface area contributed by atoms with Crippen LogP contribution in [0.1, 0.15) is 23.2 Å². The lowest BCUT2D eigenvalue weighted by Crippen LogP contribution is -2.06. The van der Waals surface area contributed by atoms with Crippen LogP contribution >= 0.6 is 0 Å². The molecule has 0 saturated heterocycles. The Morgan fingerprint density at radius 1 is 1.44 bits per heavy atom. The normalized spacial score (nSPS) is 9.81. The van der Waals surface area contributed by atoms with Gasteiger partial charge >= 0.3 is 0 Å². The predicted molar refractivity (Wildman–Crippen MR) is 58.4 cm³/mol. The van der Waals surface area contributed by atoms with E-state index >= 15 is 0 Å². The second kappa shape index (κ2) is 5.85. The summed E-state index contributed by atoms with van der Waals surface area (Å²) in [5.41, 5.74) is 0.480. The van der Waals surface area contributed by atoms with Gasteiger partial charge in [-0.25, -0.2) is 0 Å². The number of carbonyl (C=O) groups is 1. The minimum absolute atomic E-state index is 0.126. The van der Waals surface area contributed by atoms with Crippen LogP contribution < -0.4 is 4.74 Å². The minimum atomic E-state index is -0.421. The zero-order chi connectivity index (χ0) is 12.0. The van der Waals surface area contributed by atoms with E-state index in [0.717, 1.165) is 0 Å². The van der Waals surface area contributed by atoms with Crippen LogP contribution in [-0.4, -0.2) is 24.4 Å². The maximum atomic E-state index is 11.7. The highest BCUT2D eigenvalue weighted by Gasteiger charge is 2.12. The largest absolute Gasteiger partial charge is 0.496 e. The fourth-order valence-electron chi connectivity index (χ4n) is 1.38. The summed E-state index contributed by atoms with van der Waals surface area (Å²) >= 11 is 0. The second-order valence-electron chi connectivity index (χ2n) is 3.28. The van der Waals surface area contributed by atoms with E-state index < -0.39 is 4.92 Å². The summed E-state index contributed by atoms with van der Waals surface area (Å²) in [6.07, 6.45) is 0.422. The number of methoxy groups -OCH3 is 1. The van der Waals surface area contributed by atoms with Gasteiger partial charge in [0.2, 0.25) is 6.54 Å². The second-order valence-corrected chi connectivity index (χ2v) is 3.28. The van der Waals surface area contributed by atoms with Gasteiger partial charge in [0.15, 0.2) is 5.78 Å². The Labute approximate surface area is 93.2 Å². The lowest BCUT2D eigenvalue weighted by molar-refractivity contribution is -0.480. The predicted octanol–water partition coefficient (Wildman–Crippen LogP) is 1.93. The summed E-state index contributed by atoms with van der Waals surface area (Å²) in [5, 5.41) is 10.1. The lowest BCUT2D eigenvalue weighted by atomic mass is 10.1. The fraction of sp³-hybridized carbons (Fsp3) is 0.364. The fourth-order valence-corrected chi connectivity index (χ4v) is 1.38. The van der Waals surface area contributed by atoms with Crippen molar-refractivity contribution in [2.24, 2.45) is 0 Å². The number of para-hydroxylation sites is 1. The van der Waals surface area contributed by atoms with Crippen LogP contribution in [0.25, 0.3) is 0 Å². The molecule has 86 valence electrons. The maximum Gasteiger partial charge on any atom is 0.204 e. The molecule has 0 saturated carbocycles. The van der Waals surface area contributed by atoms with Gasteiger partial charge in [-0.1, -0.05) is 12.1 Å². The minimum Gasteiger partial charge on any atom is -0.496 e. The molecule has 1 aromatic carbocycles. The first-order chi connectivity index (χ1) is 7.65. The average Bonchev–Trinajstić information content (AvgIpc) is 2.28. The Hall–Kier alpha value is -1.91. The number of ketones is 1. The van der Waals surface area contributed by atoms with Gasteiger partial charge < -0.3 is 4.74 Å². The first-order valence-electron chi connectivity index (χ1n) is 4.93. The third-order valence-electron chi connectivity index (χ3n) is 2.15. The van der Waals surface area contributed by atoms with Gasteiger partial charge in [0.05, 0.1) is 12.7 Å². The van der Waals surface area contributed by atoms with E-state index in [0.29, 0.717) is 11.3 Å². The Morgan fingerprint density at radius 3 is 2.75 bits per heavy atom. The number of rotatable bonds is 6. The molecule has 0 fully saturated rings. The molecule has 16 heavy (non-hydrogen) atoms. The lowest BCUT2D eigenvalue weighted by Gasteiger charge is -2.05. The van der Waals surface area contributed by atoms with E-state index in [1.165, 1.54) is 7.11 Å². The molecule has 0 aliphatic heterocycles. The molecule has 0 aliphatic rings. The molecular formula is C11H13NO4. The first-order valence-corrected chi connectivity index (χ1v) is 4.93. The third kappa shape index (κ3) is 3.34. The molecule has 0 heterocycles. The highest BCUT2D eigenvalue weighted by Crippen LogP contribution is 2.19. The van der Waals surface area contributed by atoms with Crippen molar-refractivity contribution >= 4 is 5.78 Å². The summed E-state index contributed by atoms with van der Waals surface area (Å²) in [6, 6.07) is 6.87. The summed E-state index contributed by atoms with van der Waals surface area (Å²) in [6.45, 7) is -0.180. The van der Waals surface area contributed by atoms with Crippen molar-refractivity contribution in [1.29, 1.82) is 0 Å². The molecule has 0 bridgehead atoms. The molecule has 0 unspecified atom stereocenters. The van der Waals surface area contributed by atoms with Crippen LogP contribution in [0.2, 0.25) is 0 Å². The quantitative estimate of drug-likeness (QED) is 0.419. The van der Waals surface area contributed by atoms with Gasteiger partial charge in [0.1, 0.15) is 5.75 Å². The highest BCUT2D eigenvalue weighted by molar-refractivity contribution is 5.98. The van der Waals surface area contributed by atoms with E-state index in [9.17, 15) is 14.9 Å². The van der Waals surface area contributed by atoms with Crippen LogP contribution in [-0.2, 0) is 0 Å². The molecule has 1 rings (SSSR count). The number of ether oxygens (including phenoxy) is 1. The molecule has 0 aromatic heterocycles. The van der Waals surface area contributed by atoms with Crippen molar-refractivity contribution in [3.63, 3.8) is 0 Å². The number of nitro groups is 1. The molecule has 1 aromatic rings. The number of hydrogen-bond acceptors (Lipinski definition) is 4. The summed E-state index contributed by atoms with van der Waals surface area (Å²) in [7, 11) is 1.49.